The second-order valence-corrected chi connectivity index (χ2v) is 11.0. The number of nitrogens with zero attached hydrogens (tertiary/aromatic N) is 5. The van der Waals surface area contributed by atoms with Crippen molar-refractivity contribution in [2.75, 3.05) is 24.5 Å². The Morgan fingerprint density at radius 3 is 2.33 bits per heavy atom. The number of anilines is 1. The topological polar surface area (TPSA) is 37.2 Å². The van der Waals surface area contributed by atoms with Gasteiger partial charge in [-0.15, -0.1) is 10.2 Å². The van der Waals surface area contributed by atoms with Gasteiger partial charge in [-0.05, 0) is 48.7 Å². The maximum atomic E-state index is 14.6. The maximum Gasteiger partial charge on any atom is 0.419 e. The van der Waals surface area contributed by atoms with Crippen LogP contribution in [0.5, 0.6) is 0 Å². The van der Waals surface area contributed by atoms with Crippen LogP contribution in [0.2, 0.25) is 5.02 Å². The zero-order chi connectivity index (χ0) is 27.9. The number of hydrogen-bond acceptors (Lipinski definition) is 4. The number of aromatic nitrogens is 3. The predicted octanol–water partition coefficient (Wildman–Crippen LogP) is 6.48. The molecule has 3 aromatic rings. The molecule has 2 fully saturated rings. The zero-order valence-corrected chi connectivity index (χ0v) is 20.8. The molecule has 14 heteroatoms. The fourth-order valence-corrected chi connectivity index (χ4v) is 6.31. The first-order valence-corrected chi connectivity index (χ1v) is 12.4. The van der Waals surface area contributed by atoms with E-state index in [4.69, 9.17) is 11.6 Å². The minimum atomic E-state index is -4.95. The van der Waals surface area contributed by atoms with Crippen LogP contribution < -0.4 is 4.90 Å². The molecule has 2 aromatic carbocycles. The Hall–Kier alpha value is -2.93. The highest BCUT2D eigenvalue weighted by Gasteiger charge is 2.55. The largest absolute Gasteiger partial charge is 0.419 e. The summed E-state index contributed by atoms with van der Waals surface area (Å²) in [6.45, 7) is -0.864. The molecule has 0 N–H and O–H groups in total. The van der Waals surface area contributed by atoms with Gasteiger partial charge in [0.2, 0.25) is 0 Å². The summed E-state index contributed by atoms with van der Waals surface area (Å²) in [6.07, 6.45) is -8.28. The van der Waals surface area contributed by atoms with Gasteiger partial charge in [0, 0.05) is 36.0 Å². The van der Waals surface area contributed by atoms with Gasteiger partial charge in [-0.1, -0.05) is 11.6 Å². The first-order chi connectivity index (χ1) is 18.2. The second-order valence-electron chi connectivity index (χ2n) is 10.6. The normalized spacial score (nSPS) is 19.4. The molecule has 3 aliphatic rings. The van der Waals surface area contributed by atoms with E-state index in [1.54, 1.807) is 22.8 Å². The molecule has 3 heterocycles. The molecule has 1 saturated heterocycles. The van der Waals surface area contributed by atoms with Crippen molar-refractivity contribution in [2.45, 2.75) is 44.2 Å². The third-order valence-corrected chi connectivity index (χ3v) is 7.90. The Balaban J connectivity index is 1.23. The minimum Gasteiger partial charge on any atom is -0.366 e. The van der Waals surface area contributed by atoms with Crippen LogP contribution in [-0.2, 0) is 19.3 Å². The highest BCUT2D eigenvalue weighted by atomic mass is 35.5. The molecule has 0 radical (unpaired) electrons. The van der Waals surface area contributed by atoms with Gasteiger partial charge in [0.05, 0.1) is 24.3 Å². The zero-order valence-electron chi connectivity index (χ0n) is 20.1. The van der Waals surface area contributed by atoms with Crippen LogP contribution >= 0.6 is 11.6 Å². The quantitative estimate of drug-likeness (QED) is 0.334. The van der Waals surface area contributed by atoms with Crippen molar-refractivity contribution in [3.8, 4) is 5.69 Å². The first kappa shape index (κ1) is 26.3. The van der Waals surface area contributed by atoms with Crippen LogP contribution in [-0.4, -0.2) is 45.5 Å². The lowest BCUT2D eigenvalue weighted by molar-refractivity contribution is -0.148. The summed E-state index contributed by atoms with van der Waals surface area (Å²) in [4.78, 5) is 2.49. The minimum absolute atomic E-state index is 0.00981. The lowest BCUT2D eigenvalue weighted by Gasteiger charge is -2.59. The Kier molecular flexibility index (Phi) is 5.92. The van der Waals surface area contributed by atoms with Crippen molar-refractivity contribution in [3.05, 3.63) is 69.8 Å². The fourth-order valence-electron chi connectivity index (χ4n) is 6.12. The summed E-state index contributed by atoms with van der Waals surface area (Å²) < 4.78 is 110. The van der Waals surface area contributed by atoms with Gasteiger partial charge in [0.25, 0.3) is 0 Å². The Morgan fingerprint density at radius 1 is 0.949 bits per heavy atom. The number of benzene rings is 2. The molecule has 39 heavy (non-hydrogen) atoms. The highest BCUT2D eigenvalue weighted by molar-refractivity contribution is 6.30. The molecule has 208 valence electrons. The van der Waals surface area contributed by atoms with E-state index in [1.807, 2.05) is 0 Å². The maximum absolute atomic E-state index is 14.6. The van der Waals surface area contributed by atoms with Gasteiger partial charge in [0.1, 0.15) is 17.3 Å². The van der Waals surface area contributed by atoms with Crippen LogP contribution in [0.3, 0.4) is 0 Å². The van der Waals surface area contributed by atoms with E-state index >= 15 is 0 Å². The van der Waals surface area contributed by atoms with E-state index in [1.165, 1.54) is 9.80 Å². The SMILES string of the molecule is Fc1ccc(C(F)(F)F)c(F)c1N1CC2(CC(c3nnc4n3-c3ccc(Cl)cc3CN(CC(F)(F)F)C4)C2)C1. The van der Waals surface area contributed by atoms with Crippen LogP contribution in [0, 0.1) is 17.0 Å². The summed E-state index contributed by atoms with van der Waals surface area (Å²) in [5.41, 5.74) is -1.35. The number of alkyl halides is 6. The Bertz CT molecular complexity index is 1440. The molecule has 1 saturated carbocycles. The van der Waals surface area contributed by atoms with E-state index in [-0.39, 0.29) is 37.5 Å². The van der Waals surface area contributed by atoms with E-state index in [0.29, 0.717) is 52.9 Å². The molecule has 1 aromatic heterocycles. The highest BCUT2D eigenvalue weighted by Crippen LogP contribution is 2.57. The summed E-state index contributed by atoms with van der Waals surface area (Å²) in [6, 6.07) is 5.97. The molecule has 0 amide bonds. The van der Waals surface area contributed by atoms with Crippen LogP contribution in [0.25, 0.3) is 5.69 Å². The summed E-state index contributed by atoms with van der Waals surface area (Å²) in [5, 5.41) is 8.86. The monoisotopic (exact) mass is 577 g/mol. The van der Waals surface area contributed by atoms with Gasteiger partial charge in [0.15, 0.2) is 11.6 Å². The third-order valence-electron chi connectivity index (χ3n) is 7.66. The second kappa shape index (κ2) is 8.79. The first-order valence-electron chi connectivity index (χ1n) is 12.1. The summed E-state index contributed by atoms with van der Waals surface area (Å²) in [7, 11) is 0. The molecule has 0 unspecified atom stereocenters. The van der Waals surface area contributed by atoms with Crippen LogP contribution in [0.15, 0.2) is 30.3 Å². The molecule has 0 atom stereocenters. The van der Waals surface area contributed by atoms with Crippen molar-refractivity contribution in [1.29, 1.82) is 0 Å². The standard InChI is InChI=1S/C25H20ClF8N5/c26-15-1-4-18-13(5-15)8-37(12-24(29,30)31)9-19-35-36-22(39(18)19)14-6-23(7-14)10-38(11-23)21-17(27)3-2-16(20(21)28)25(32,33)34/h1-5,14H,6-12H2. The van der Waals surface area contributed by atoms with Crippen LogP contribution in [0.4, 0.5) is 40.8 Å². The number of rotatable bonds is 3. The van der Waals surface area contributed by atoms with E-state index in [2.05, 4.69) is 10.2 Å². The lowest BCUT2D eigenvalue weighted by atomic mass is 9.57. The Morgan fingerprint density at radius 2 is 1.67 bits per heavy atom. The molecule has 1 spiro atoms. The summed E-state index contributed by atoms with van der Waals surface area (Å²) in [5.74, 6) is -1.92. The molecular weight excluding hydrogens is 558 g/mol. The number of hydrogen-bond donors (Lipinski definition) is 0. The van der Waals surface area contributed by atoms with Gasteiger partial charge in [-0.2, -0.15) is 26.3 Å². The predicted molar refractivity (Wildman–Crippen MR) is 125 cm³/mol. The van der Waals surface area contributed by atoms with Gasteiger partial charge < -0.3 is 4.90 Å². The van der Waals surface area contributed by atoms with Crippen molar-refractivity contribution in [1.82, 2.24) is 19.7 Å². The number of halogens is 9. The van der Waals surface area contributed by atoms with Crippen LogP contribution in [0.1, 0.15) is 41.5 Å². The van der Waals surface area contributed by atoms with Crippen molar-refractivity contribution >= 4 is 17.3 Å². The van der Waals surface area contributed by atoms with Crippen molar-refractivity contribution in [2.24, 2.45) is 5.41 Å². The van der Waals surface area contributed by atoms with Gasteiger partial charge in [-0.3, -0.25) is 9.47 Å². The van der Waals surface area contributed by atoms with Gasteiger partial charge in [-0.25, -0.2) is 8.78 Å². The van der Waals surface area contributed by atoms with E-state index in [0.717, 1.165) is 0 Å². The molecule has 5 nitrogen and oxygen atoms in total. The average Bonchev–Trinajstić information content (AvgIpc) is 3.07. The van der Waals surface area contributed by atoms with Gasteiger partial charge >= 0.3 is 12.4 Å². The molecule has 2 aliphatic heterocycles. The van der Waals surface area contributed by atoms with E-state index < -0.39 is 41.8 Å². The smallest absolute Gasteiger partial charge is 0.366 e. The molecule has 6 rings (SSSR count). The molecule has 0 bridgehead atoms. The molecule has 1 aliphatic carbocycles. The summed E-state index contributed by atoms with van der Waals surface area (Å²) >= 11 is 6.14. The Labute approximate surface area is 222 Å². The fraction of sp³-hybridized carbons (Fsp3) is 0.440. The van der Waals surface area contributed by atoms with Crippen molar-refractivity contribution < 1.29 is 35.1 Å². The van der Waals surface area contributed by atoms with Crippen molar-refractivity contribution in [3.63, 3.8) is 0 Å². The van der Waals surface area contributed by atoms with E-state index in [9.17, 15) is 35.1 Å². The lowest BCUT2D eigenvalue weighted by Crippen LogP contribution is -2.62. The number of fused-ring (bicyclic) bond motifs is 3. The average molecular weight is 578 g/mol. The third kappa shape index (κ3) is 4.62. The molecular formula is C25H20ClF8N5.